The minimum Gasteiger partial charge on any atom is -0.342 e. The van der Waals surface area contributed by atoms with E-state index in [9.17, 15) is 9.59 Å². The van der Waals surface area contributed by atoms with Crippen molar-refractivity contribution in [1.82, 2.24) is 4.90 Å². The largest absolute Gasteiger partial charge is 0.342 e. The lowest BCUT2D eigenvalue weighted by atomic mass is 9.83. The number of carbonyl (C=O) groups excluding carboxylic acids is 2. The maximum absolute atomic E-state index is 12.0. The predicted molar refractivity (Wildman–Crippen MR) is 61.9 cm³/mol. The van der Waals surface area contributed by atoms with Gasteiger partial charge in [0.1, 0.15) is 5.78 Å². The van der Waals surface area contributed by atoms with E-state index in [2.05, 4.69) is 0 Å². The lowest BCUT2D eigenvalue weighted by molar-refractivity contribution is -0.139. The van der Waals surface area contributed by atoms with E-state index in [1.54, 1.807) is 6.92 Å². The molecule has 16 heavy (non-hydrogen) atoms. The van der Waals surface area contributed by atoms with E-state index in [1.165, 1.54) is 6.42 Å². The monoisotopic (exact) mass is 223 g/mol. The number of piperidine rings is 1. The summed E-state index contributed by atoms with van der Waals surface area (Å²) in [6.45, 7) is 3.40. The molecular weight excluding hydrogens is 202 g/mol. The molecular formula is C13H21NO2. The molecule has 0 aromatic heterocycles. The second-order valence-electron chi connectivity index (χ2n) is 5.30. The van der Waals surface area contributed by atoms with Gasteiger partial charge in [-0.25, -0.2) is 0 Å². The van der Waals surface area contributed by atoms with Crippen LogP contribution in [0.2, 0.25) is 0 Å². The first-order valence-corrected chi connectivity index (χ1v) is 6.45. The van der Waals surface area contributed by atoms with E-state index >= 15 is 0 Å². The van der Waals surface area contributed by atoms with Gasteiger partial charge in [-0.15, -0.1) is 0 Å². The van der Waals surface area contributed by atoms with Gasteiger partial charge in [-0.05, 0) is 38.5 Å². The van der Waals surface area contributed by atoms with Crippen molar-refractivity contribution in [3.05, 3.63) is 0 Å². The molecule has 3 heteroatoms. The van der Waals surface area contributed by atoms with Crippen LogP contribution < -0.4 is 0 Å². The Morgan fingerprint density at radius 1 is 1.12 bits per heavy atom. The average Bonchev–Trinajstić information content (AvgIpc) is 2.15. The van der Waals surface area contributed by atoms with Gasteiger partial charge >= 0.3 is 0 Å². The number of likely N-dealkylation sites (tertiary alicyclic amines) is 1. The zero-order chi connectivity index (χ0) is 11.5. The number of Topliss-reactive ketones (excluding diaryl/α,β-unsaturated/α-hetero) is 1. The van der Waals surface area contributed by atoms with Crippen LogP contribution >= 0.6 is 0 Å². The summed E-state index contributed by atoms with van der Waals surface area (Å²) in [7, 11) is 0. The minimum atomic E-state index is 0.281. The fourth-order valence-electron chi connectivity index (χ4n) is 2.68. The Morgan fingerprint density at radius 2 is 1.75 bits per heavy atom. The van der Waals surface area contributed by atoms with Crippen LogP contribution in [0.25, 0.3) is 0 Å². The SMILES string of the molecule is CC(=O)CC1CCN(C(=O)C2CCC2)CC1. The molecule has 0 spiro atoms. The topological polar surface area (TPSA) is 37.4 Å². The molecule has 90 valence electrons. The van der Waals surface area contributed by atoms with Crippen molar-refractivity contribution in [3.63, 3.8) is 0 Å². The maximum atomic E-state index is 12.0. The number of rotatable bonds is 3. The number of carbonyl (C=O) groups is 2. The van der Waals surface area contributed by atoms with Gasteiger partial charge in [-0.2, -0.15) is 0 Å². The van der Waals surface area contributed by atoms with Crippen LogP contribution in [0.15, 0.2) is 0 Å². The second kappa shape index (κ2) is 4.98. The molecule has 0 unspecified atom stereocenters. The number of hydrogen-bond donors (Lipinski definition) is 0. The highest BCUT2D eigenvalue weighted by Gasteiger charge is 2.31. The average molecular weight is 223 g/mol. The van der Waals surface area contributed by atoms with Crippen molar-refractivity contribution in [2.24, 2.45) is 11.8 Å². The highest BCUT2D eigenvalue weighted by atomic mass is 16.2. The van der Waals surface area contributed by atoms with Crippen LogP contribution in [0.4, 0.5) is 0 Å². The van der Waals surface area contributed by atoms with E-state index in [0.29, 0.717) is 24.2 Å². The van der Waals surface area contributed by atoms with Crippen molar-refractivity contribution in [2.45, 2.75) is 45.4 Å². The van der Waals surface area contributed by atoms with E-state index in [0.717, 1.165) is 38.8 Å². The van der Waals surface area contributed by atoms with Gasteiger partial charge in [0.25, 0.3) is 0 Å². The Balaban J connectivity index is 1.76. The van der Waals surface area contributed by atoms with Crippen molar-refractivity contribution in [3.8, 4) is 0 Å². The lowest BCUT2D eigenvalue weighted by Gasteiger charge is -2.36. The van der Waals surface area contributed by atoms with Gasteiger partial charge in [0.05, 0.1) is 0 Å². The Bertz CT molecular complexity index is 276. The van der Waals surface area contributed by atoms with Gasteiger partial charge < -0.3 is 9.69 Å². The summed E-state index contributed by atoms with van der Waals surface area (Å²) in [6.07, 6.45) is 6.12. The van der Waals surface area contributed by atoms with Crippen LogP contribution in [-0.2, 0) is 9.59 Å². The normalized spacial score (nSPS) is 22.9. The van der Waals surface area contributed by atoms with Gasteiger partial charge in [-0.1, -0.05) is 6.42 Å². The van der Waals surface area contributed by atoms with E-state index in [1.807, 2.05) is 4.90 Å². The van der Waals surface area contributed by atoms with Crippen molar-refractivity contribution in [1.29, 1.82) is 0 Å². The molecule has 0 N–H and O–H groups in total. The quantitative estimate of drug-likeness (QED) is 0.734. The Labute approximate surface area is 97.2 Å². The van der Waals surface area contributed by atoms with Gasteiger partial charge in [-0.3, -0.25) is 4.79 Å². The zero-order valence-corrected chi connectivity index (χ0v) is 10.1. The molecule has 2 rings (SSSR count). The van der Waals surface area contributed by atoms with Crippen LogP contribution in [0, 0.1) is 11.8 Å². The summed E-state index contributed by atoms with van der Waals surface area (Å²) in [5.41, 5.74) is 0. The predicted octanol–water partition coefficient (Wildman–Crippen LogP) is 2.00. The molecule has 2 fully saturated rings. The number of nitrogens with zero attached hydrogens (tertiary/aromatic N) is 1. The van der Waals surface area contributed by atoms with Gasteiger partial charge in [0, 0.05) is 25.4 Å². The number of hydrogen-bond acceptors (Lipinski definition) is 2. The molecule has 1 aliphatic carbocycles. The molecule has 0 atom stereocenters. The molecule has 0 radical (unpaired) electrons. The molecule has 1 amide bonds. The Morgan fingerprint density at radius 3 is 2.19 bits per heavy atom. The first kappa shape index (κ1) is 11.6. The van der Waals surface area contributed by atoms with Crippen molar-refractivity contribution >= 4 is 11.7 Å². The summed E-state index contributed by atoms with van der Waals surface area (Å²) in [4.78, 5) is 25.0. The second-order valence-corrected chi connectivity index (χ2v) is 5.30. The summed E-state index contributed by atoms with van der Waals surface area (Å²) in [5, 5.41) is 0. The number of ketones is 1. The van der Waals surface area contributed by atoms with Crippen LogP contribution in [0.1, 0.15) is 45.4 Å². The highest BCUT2D eigenvalue weighted by Crippen LogP contribution is 2.30. The molecule has 3 nitrogen and oxygen atoms in total. The standard InChI is InChI=1S/C13H21NO2/c1-10(15)9-11-5-7-14(8-6-11)13(16)12-3-2-4-12/h11-12H,2-9H2,1H3. The summed E-state index contributed by atoms with van der Waals surface area (Å²) < 4.78 is 0. The molecule has 1 aliphatic heterocycles. The highest BCUT2D eigenvalue weighted by molar-refractivity contribution is 5.79. The van der Waals surface area contributed by atoms with E-state index in [4.69, 9.17) is 0 Å². The summed E-state index contributed by atoms with van der Waals surface area (Å²) >= 11 is 0. The molecule has 0 aromatic carbocycles. The number of amides is 1. The van der Waals surface area contributed by atoms with Crippen LogP contribution in [-0.4, -0.2) is 29.7 Å². The first-order valence-electron chi connectivity index (χ1n) is 6.45. The van der Waals surface area contributed by atoms with E-state index in [-0.39, 0.29) is 5.78 Å². The van der Waals surface area contributed by atoms with Crippen LogP contribution in [0.3, 0.4) is 0 Å². The summed E-state index contributed by atoms with van der Waals surface area (Å²) in [6, 6.07) is 0. The third-order valence-electron chi connectivity index (χ3n) is 3.96. The summed E-state index contributed by atoms with van der Waals surface area (Å²) in [5.74, 6) is 1.49. The van der Waals surface area contributed by atoms with E-state index < -0.39 is 0 Å². The molecule has 2 aliphatic rings. The maximum Gasteiger partial charge on any atom is 0.225 e. The fourth-order valence-corrected chi connectivity index (χ4v) is 2.68. The molecule has 0 aromatic rings. The van der Waals surface area contributed by atoms with Crippen LogP contribution in [0.5, 0.6) is 0 Å². The smallest absolute Gasteiger partial charge is 0.225 e. The lowest BCUT2D eigenvalue weighted by Crippen LogP contribution is -2.43. The fraction of sp³-hybridized carbons (Fsp3) is 0.846. The molecule has 1 saturated heterocycles. The Kier molecular flexibility index (Phi) is 3.62. The first-order chi connectivity index (χ1) is 7.66. The molecule has 1 saturated carbocycles. The third-order valence-corrected chi connectivity index (χ3v) is 3.96. The molecule has 1 heterocycles. The van der Waals surface area contributed by atoms with Gasteiger partial charge in [0.2, 0.25) is 5.91 Å². The third kappa shape index (κ3) is 2.63. The zero-order valence-electron chi connectivity index (χ0n) is 10.1. The van der Waals surface area contributed by atoms with Crippen molar-refractivity contribution in [2.75, 3.05) is 13.1 Å². The van der Waals surface area contributed by atoms with Gasteiger partial charge in [0.15, 0.2) is 0 Å². The van der Waals surface area contributed by atoms with Crippen molar-refractivity contribution < 1.29 is 9.59 Å². The Hall–Kier alpha value is -0.860. The minimum absolute atomic E-state index is 0.281. The molecule has 0 bridgehead atoms.